The molecule has 0 spiro atoms. The van der Waals surface area contributed by atoms with Crippen LogP contribution < -0.4 is 15.6 Å². The predicted molar refractivity (Wildman–Crippen MR) is 117 cm³/mol. The van der Waals surface area contributed by atoms with E-state index in [1.54, 1.807) is 44.6 Å². The summed E-state index contributed by atoms with van der Waals surface area (Å²) in [4.78, 5) is 21.9. The van der Waals surface area contributed by atoms with E-state index in [1.807, 2.05) is 24.3 Å². The van der Waals surface area contributed by atoms with Crippen molar-refractivity contribution in [3.05, 3.63) is 75.1 Å². The zero-order valence-electron chi connectivity index (χ0n) is 15.6. The van der Waals surface area contributed by atoms with Crippen LogP contribution in [-0.2, 0) is 7.05 Å². The Morgan fingerprint density at radius 1 is 1.07 bits per heavy atom. The summed E-state index contributed by atoms with van der Waals surface area (Å²) in [7, 11) is 3.26. The number of pyridine rings is 1. The van der Waals surface area contributed by atoms with Crippen LogP contribution in [0.2, 0.25) is 10.0 Å². The average molecular weight is 427 g/mol. The van der Waals surface area contributed by atoms with E-state index in [1.165, 1.54) is 4.57 Å². The number of methoxy groups -OCH3 is 1. The number of benzene rings is 2. The van der Waals surface area contributed by atoms with Crippen LogP contribution in [0.25, 0.3) is 22.2 Å². The molecule has 2 aromatic heterocycles. The first-order chi connectivity index (χ1) is 14.0. The van der Waals surface area contributed by atoms with Crippen molar-refractivity contribution in [2.45, 2.75) is 0 Å². The van der Waals surface area contributed by atoms with Crippen molar-refractivity contribution in [2.24, 2.45) is 7.05 Å². The summed E-state index contributed by atoms with van der Waals surface area (Å²) >= 11 is 12.6. The van der Waals surface area contributed by atoms with E-state index in [0.29, 0.717) is 43.9 Å². The van der Waals surface area contributed by atoms with Gasteiger partial charge in [-0.2, -0.15) is 4.98 Å². The molecule has 29 heavy (non-hydrogen) atoms. The second kappa shape index (κ2) is 7.73. The lowest BCUT2D eigenvalue weighted by molar-refractivity contribution is 0.415. The van der Waals surface area contributed by atoms with Gasteiger partial charge in [0.2, 0.25) is 5.95 Å². The molecule has 0 radical (unpaired) electrons. The van der Waals surface area contributed by atoms with Crippen molar-refractivity contribution in [3.8, 4) is 16.9 Å². The molecule has 2 heterocycles. The molecule has 4 aromatic rings. The molecule has 146 valence electrons. The second-order valence-corrected chi connectivity index (χ2v) is 7.16. The Kier molecular flexibility index (Phi) is 5.13. The normalized spacial score (nSPS) is 10.9. The number of anilines is 2. The Morgan fingerprint density at radius 2 is 1.79 bits per heavy atom. The molecular weight excluding hydrogens is 411 g/mol. The maximum atomic E-state index is 13.0. The molecule has 0 saturated carbocycles. The molecule has 0 atom stereocenters. The van der Waals surface area contributed by atoms with Crippen LogP contribution in [0.3, 0.4) is 0 Å². The Bertz CT molecular complexity index is 1270. The predicted octanol–water partition coefficient (Wildman–Crippen LogP) is 5.05. The van der Waals surface area contributed by atoms with Crippen LogP contribution in [-0.4, -0.2) is 21.6 Å². The van der Waals surface area contributed by atoms with Crippen LogP contribution in [0, 0.1) is 0 Å². The lowest BCUT2D eigenvalue weighted by Crippen LogP contribution is -2.20. The minimum absolute atomic E-state index is 0.251. The number of aryl methyl sites for hydroxylation is 1. The van der Waals surface area contributed by atoms with E-state index in [4.69, 9.17) is 27.9 Å². The molecule has 0 aliphatic heterocycles. The molecule has 4 rings (SSSR count). The molecule has 0 fully saturated rings. The lowest BCUT2D eigenvalue weighted by atomic mass is 10.1. The first-order valence-corrected chi connectivity index (χ1v) is 9.46. The SMILES string of the molecule is COc1cccc(Nc2ncc3cc(-c4c(Cl)cccc4Cl)c(=O)n(C)c3n2)c1. The monoisotopic (exact) mass is 426 g/mol. The van der Waals surface area contributed by atoms with Gasteiger partial charge in [0.05, 0.1) is 22.7 Å². The molecule has 0 unspecified atom stereocenters. The Morgan fingerprint density at radius 3 is 2.52 bits per heavy atom. The van der Waals surface area contributed by atoms with Crippen molar-refractivity contribution < 1.29 is 4.74 Å². The quantitative estimate of drug-likeness (QED) is 0.494. The summed E-state index contributed by atoms with van der Waals surface area (Å²) in [5, 5.41) is 4.63. The van der Waals surface area contributed by atoms with Gasteiger partial charge in [0.15, 0.2) is 0 Å². The third-order valence-corrected chi connectivity index (χ3v) is 5.14. The maximum absolute atomic E-state index is 13.0. The van der Waals surface area contributed by atoms with Crippen molar-refractivity contribution in [1.29, 1.82) is 0 Å². The molecule has 0 aliphatic carbocycles. The highest BCUT2D eigenvalue weighted by Gasteiger charge is 2.16. The second-order valence-electron chi connectivity index (χ2n) is 6.35. The van der Waals surface area contributed by atoms with Crippen LogP contribution in [0.1, 0.15) is 0 Å². The fraction of sp³-hybridized carbons (Fsp3) is 0.0952. The van der Waals surface area contributed by atoms with Gasteiger partial charge in [0, 0.05) is 35.9 Å². The van der Waals surface area contributed by atoms with Crippen LogP contribution >= 0.6 is 23.2 Å². The van der Waals surface area contributed by atoms with E-state index in [9.17, 15) is 4.79 Å². The van der Waals surface area contributed by atoms with E-state index < -0.39 is 0 Å². The first kappa shape index (κ1) is 19.2. The highest BCUT2D eigenvalue weighted by atomic mass is 35.5. The number of fused-ring (bicyclic) bond motifs is 1. The van der Waals surface area contributed by atoms with Gasteiger partial charge in [-0.3, -0.25) is 9.36 Å². The van der Waals surface area contributed by atoms with E-state index in [2.05, 4.69) is 15.3 Å². The highest BCUT2D eigenvalue weighted by Crippen LogP contribution is 2.33. The van der Waals surface area contributed by atoms with Gasteiger partial charge in [0.25, 0.3) is 5.56 Å². The topological polar surface area (TPSA) is 69.0 Å². The summed E-state index contributed by atoms with van der Waals surface area (Å²) in [6, 6.07) is 14.2. The van der Waals surface area contributed by atoms with Gasteiger partial charge in [-0.15, -0.1) is 0 Å². The zero-order chi connectivity index (χ0) is 20.5. The number of ether oxygens (including phenoxy) is 1. The number of hydrogen-bond donors (Lipinski definition) is 1. The minimum Gasteiger partial charge on any atom is -0.497 e. The molecule has 0 aliphatic rings. The summed E-state index contributed by atoms with van der Waals surface area (Å²) in [5.41, 5.74) is 1.90. The van der Waals surface area contributed by atoms with Crippen LogP contribution in [0.5, 0.6) is 5.75 Å². The molecule has 8 heteroatoms. The highest BCUT2D eigenvalue weighted by molar-refractivity contribution is 6.39. The molecule has 0 saturated heterocycles. The standard InChI is InChI=1S/C21H16Cl2N4O2/c1-27-19-12(9-15(20(27)28)18-16(22)7-4-8-17(18)23)11-24-21(26-19)25-13-5-3-6-14(10-13)29-2/h3-11H,1-2H3,(H,24,25,26). The fourth-order valence-electron chi connectivity index (χ4n) is 3.07. The van der Waals surface area contributed by atoms with Crippen molar-refractivity contribution in [3.63, 3.8) is 0 Å². The van der Waals surface area contributed by atoms with Gasteiger partial charge < -0.3 is 10.1 Å². The fourth-order valence-corrected chi connectivity index (χ4v) is 3.67. The molecular formula is C21H16Cl2N4O2. The van der Waals surface area contributed by atoms with Gasteiger partial charge >= 0.3 is 0 Å². The van der Waals surface area contributed by atoms with Gasteiger partial charge in [0.1, 0.15) is 11.4 Å². The van der Waals surface area contributed by atoms with Crippen LogP contribution in [0.4, 0.5) is 11.6 Å². The maximum Gasteiger partial charge on any atom is 0.259 e. The Hall–Kier alpha value is -3.09. The zero-order valence-corrected chi connectivity index (χ0v) is 17.1. The minimum atomic E-state index is -0.251. The molecule has 0 amide bonds. The van der Waals surface area contributed by atoms with Crippen molar-refractivity contribution in [2.75, 3.05) is 12.4 Å². The third kappa shape index (κ3) is 3.64. The van der Waals surface area contributed by atoms with E-state index >= 15 is 0 Å². The number of aromatic nitrogens is 3. The summed E-state index contributed by atoms with van der Waals surface area (Å²) < 4.78 is 6.69. The third-order valence-electron chi connectivity index (χ3n) is 4.51. The number of nitrogens with one attached hydrogen (secondary N) is 1. The smallest absolute Gasteiger partial charge is 0.259 e. The Labute approximate surface area is 176 Å². The molecule has 2 aromatic carbocycles. The lowest BCUT2D eigenvalue weighted by Gasteiger charge is -2.12. The van der Waals surface area contributed by atoms with Gasteiger partial charge in [-0.1, -0.05) is 35.3 Å². The van der Waals surface area contributed by atoms with Crippen LogP contribution in [0.15, 0.2) is 59.5 Å². The number of rotatable bonds is 4. The number of halogens is 2. The number of hydrogen-bond acceptors (Lipinski definition) is 5. The van der Waals surface area contributed by atoms with Gasteiger partial charge in [-0.05, 0) is 30.3 Å². The first-order valence-electron chi connectivity index (χ1n) is 8.70. The summed E-state index contributed by atoms with van der Waals surface area (Å²) in [6.45, 7) is 0. The average Bonchev–Trinajstić information content (AvgIpc) is 2.72. The molecule has 1 N–H and O–H groups in total. The largest absolute Gasteiger partial charge is 0.497 e. The summed E-state index contributed by atoms with van der Waals surface area (Å²) in [6.07, 6.45) is 1.65. The van der Waals surface area contributed by atoms with Gasteiger partial charge in [-0.25, -0.2) is 4.98 Å². The van der Waals surface area contributed by atoms with Crippen molar-refractivity contribution in [1.82, 2.24) is 14.5 Å². The number of nitrogens with zero attached hydrogens (tertiary/aromatic N) is 3. The molecule has 6 nitrogen and oxygen atoms in total. The Balaban J connectivity index is 1.81. The van der Waals surface area contributed by atoms with E-state index in [-0.39, 0.29) is 5.56 Å². The van der Waals surface area contributed by atoms with E-state index in [0.717, 1.165) is 5.69 Å². The van der Waals surface area contributed by atoms with Crippen molar-refractivity contribution >= 4 is 45.9 Å². The summed E-state index contributed by atoms with van der Waals surface area (Å²) in [5.74, 6) is 1.08. The molecule has 0 bridgehead atoms.